The maximum Gasteiger partial charge on any atom is 0.265 e. The Hall–Kier alpha value is -0.790. The van der Waals surface area contributed by atoms with Crippen LogP contribution < -0.4 is 9.64 Å². The number of hydrogen-bond acceptors (Lipinski definition) is 4. The van der Waals surface area contributed by atoms with Crippen molar-refractivity contribution in [3.8, 4) is 5.75 Å². The molecule has 0 bridgehead atoms. The van der Waals surface area contributed by atoms with Crippen LogP contribution in [0, 0.1) is 0 Å². The summed E-state index contributed by atoms with van der Waals surface area (Å²) < 4.78 is 28.5. The molecule has 0 unspecified atom stereocenters. The maximum absolute atomic E-state index is 11.4. The Morgan fingerprint density at radius 2 is 2.12 bits per heavy atom. The van der Waals surface area contributed by atoms with Gasteiger partial charge in [0.2, 0.25) is 0 Å². The number of ether oxygens (including phenoxy) is 1. The zero-order valence-electron chi connectivity index (χ0n) is 8.61. The molecule has 17 heavy (non-hydrogen) atoms. The van der Waals surface area contributed by atoms with Gasteiger partial charge in [0.1, 0.15) is 4.90 Å². The minimum Gasteiger partial charge on any atom is -0.480 e. The van der Waals surface area contributed by atoms with Gasteiger partial charge in [-0.3, -0.25) is 4.79 Å². The zero-order chi connectivity index (χ0) is 12.8. The highest BCUT2D eigenvalue weighted by molar-refractivity contribution is 9.10. The number of nitrogens with zero attached hydrogens (tertiary/aromatic N) is 1. The molecule has 1 aliphatic rings. The Bertz CT molecular complexity index is 601. The fraction of sp³-hybridized carbons (Fsp3) is 0.222. The molecule has 1 heterocycles. The van der Waals surface area contributed by atoms with E-state index in [1.165, 1.54) is 11.0 Å². The normalized spacial score (nSPS) is 15.5. The molecular formula is C9H7BrClNO4S. The lowest BCUT2D eigenvalue weighted by Crippen LogP contribution is -2.35. The Labute approximate surface area is 111 Å². The van der Waals surface area contributed by atoms with Crippen molar-refractivity contribution in [1.29, 1.82) is 0 Å². The van der Waals surface area contributed by atoms with Gasteiger partial charge in [-0.05, 0) is 12.1 Å². The van der Waals surface area contributed by atoms with Gasteiger partial charge in [-0.1, -0.05) is 15.9 Å². The Balaban J connectivity index is 2.74. The largest absolute Gasteiger partial charge is 0.480 e. The predicted molar refractivity (Wildman–Crippen MR) is 66.1 cm³/mol. The lowest BCUT2D eigenvalue weighted by Gasteiger charge is -2.27. The van der Waals surface area contributed by atoms with Crippen LogP contribution in [0.1, 0.15) is 0 Å². The third-order valence-electron chi connectivity index (χ3n) is 2.34. The first-order valence-electron chi connectivity index (χ1n) is 4.48. The number of hydrogen-bond donors (Lipinski definition) is 0. The topological polar surface area (TPSA) is 63.7 Å². The van der Waals surface area contributed by atoms with Gasteiger partial charge in [0, 0.05) is 22.2 Å². The summed E-state index contributed by atoms with van der Waals surface area (Å²) >= 11 is 3.16. The second-order valence-electron chi connectivity index (χ2n) is 3.43. The molecular weight excluding hydrogens is 334 g/mol. The molecule has 0 aromatic heterocycles. The van der Waals surface area contributed by atoms with E-state index in [9.17, 15) is 13.2 Å². The number of likely N-dealkylation sites (N-methyl/N-ethyl adjacent to an activating group) is 1. The summed E-state index contributed by atoms with van der Waals surface area (Å²) in [5.41, 5.74) is 0.370. The van der Waals surface area contributed by atoms with Gasteiger partial charge in [-0.2, -0.15) is 0 Å². The number of carbonyl (C=O) groups is 1. The number of halogens is 2. The first-order chi connectivity index (χ1) is 7.80. The van der Waals surface area contributed by atoms with Crippen molar-refractivity contribution in [1.82, 2.24) is 0 Å². The number of fused-ring (bicyclic) bond motifs is 1. The van der Waals surface area contributed by atoms with Crippen LogP contribution in [0.15, 0.2) is 21.5 Å². The maximum atomic E-state index is 11.4. The summed E-state index contributed by atoms with van der Waals surface area (Å²) in [7, 11) is 2.93. The second kappa shape index (κ2) is 4.15. The molecule has 5 nitrogen and oxygen atoms in total. The van der Waals surface area contributed by atoms with E-state index >= 15 is 0 Å². The highest BCUT2D eigenvalue weighted by Crippen LogP contribution is 2.40. The van der Waals surface area contributed by atoms with E-state index in [0.29, 0.717) is 10.2 Å². The van der Waals surface area contributed by atoms with Crippen LogP contribution in [0.3, 0.4) is 0 Å². The number of anilines is 1. The summed E-state index contributed by atoms with van der Waals surface area (Å²) in [5.74, 6) is -0.154. The van der Waals surface area contributed by atoms with Crippen molar-refractivity contribution >= 4 is 47.3 Å². The van der Waals surface area contributed by atoms with Crippen LogP contribution >= 0.6 is 26.6 Å². The third kappa shape index (κ3) is 2.27. The van der Waals surface area contributed by atoms with Gasteiger partial charge in [-0.25, -0.2) is 8.42 Å². The summed E-state index contributed by atoms with van der Waals surface area (Å²) in [6.07, 6.45) is 0. The van der Waals surface area contributed by atoms with Gasteiger partial charge in [0.25, 0.3) is 15.0 Å². The van der Waals surface area contributed by atoms with E-state index in [1.807, 2.05) is 0 Å². The smallest absolute Gasteiger partial charge is 0.265 e. The van der Waals surface area contributed by atoms with Gasteiger partial charge in [0.05, 0.1) is 5.69 Å². The Kier molecular flexibility index (Phi) is 3.09. The van der Waals surface area contributed by atoms with E-state index in [4.69, 9.17) is 15.4 Å². The van der Waals surface area contributed by atoms with Crippen molar-refractivity contribution in [3.05, 3.63) is 16.6 Å². The molecule has 0 fully saturated rings. The van der Waals surface area contributed by atoms with E-state index in [-0.39, 0.29) is 23.2 Å². The summed E-state index contributed by atoms with van der Waals surface area (Å²) in [4.78, 5) is 12.6. The second-order valence-corrected chi connectivity index (χ2v) is 6.88. The molecule has 92 valence electrons. The quantitative estimate of drug-likeness (QED) is 0.730. The predicted octanol–water partition coefficient (Wildman–Crippen LogP) is 1.73. The molecule has 0 N–H and O–H groups in total. The fourth-order valence-corrected chi connectivity index (χ4v) is 3.09. The first-order valence-corrected chi connectivity index (χ1v) is 7.58. The summed E-state index contributed by atoms with van der Waals surface area (Å²) in [5, 5.41) is 0. The lowest BCUT2D eigenvalue weighted by atomic mass is 10.2. The third-order valence-corrected chi connectivity index (χ3v) is 4.12. The molecule has 1 amide bonds. The van der Waals surface area contributed by atoms with E-state index in [2.05, 4.69) is 15.9 Å². The van der Waals surface area contributed by atoms with E-state index in [1.54, 1.807) is 13.1 Å². The highest BCUT2D eigenvalue weighted by atomic mass is 79.9. The number of rotatable bonds is 1. The van der Waals surface area contributed by atoms with Gasteiger partial charge < -0.3 is 9.64 Å². The number of benzene rings is 1. The van der Waals surface area contributed by atoms with Crippen molar-refractivity contribution in [2.45, 2.75) is 4.90 Å². The van der Waals surface area contributed by atoms with Crippen molar-refractivity contribution in [2.75, 3.05) is 18.6 Å². The van der Waals surface area contributed by atoms with Crippen LogP contribution in [0.4, 0.5) is 5.69 Å². The standard InChI is InChI=1S/C9H7BrClNO4S/c1-12-6-2-5(10)3-7(17(11,14)15)9(6)16-4-8(12)13/h2-3H,4H2,1H3. The van der Waals surface area contributed by atoms with Gasteiger partial charge in [-0.15, -0.1) is 0 Å². The van der Waals surface area contributed by atoms with Gasteiger partial charge >= 0.3 is 0 Å². The fourth-order valence-electron chi connectivity index (χ4n) is 1.50. The van der Waals surface area contributed by atoms with Crippen LogP contribution in [-0.2, 0) is 13.8 Å². The molecule has 8 heteroatoms. The highest BCUT2D eigenvalue weighted by Gasteiger charge is 2.29. The summed E-state index contributed by atoms with van der Waals surface area (Å²) in [6, 6.07) is 2.93. The monoisotopic (exact) mass is 339 g/mol. The Morgan fingerprint density at radius 3 is 2.71 bits per heavy atom. The Morgan fingerprint density at radius 1 is 1.47 bits per heavy atom. The molecule has 0 saturated carbocycles. The molecule has 0 atom stereocenters. The van der Waals surface area contributed by atoms with E-state index < -0.39 is 9.05 Å². The molecule has 1 aliphatic heterocycles. The average Bonchev–Trinajstić information content (AvgIpc) is 2.22. The number of carbonyl (C=O) groups excluding carboxylic acids is 1. The zero-order valence-corrected chi connectivity index (χ0v) is 11.8. The number of amides is 1. The SMILES string of the molecule is CN1C(=O)COc2c1cc(Br)cc2S(=O)(=O)Cl. The average molecular weight is 341 g/mol. The van der Waals surface area contributed by atoms with Crippen molar-refractivity contribution in [2.24, 2.45) is 0 Å². The minimum absolute atomic E-state index is 0.102. The molecule has 0 aliphatic carbocycles. The van der Waals surface area contributed by atoms with Crippen molar-refractivity contribution in [3.63, 3.8) is 0 Å². The lowest BCUT2D eigenvalue weighted by molar-refractivity contribution is -0.121. The van der Waals surface area contributed by atoms with Gasteiger partial charge in [0.15, 0.2) is 12.4 Å². The van der Waals surface area contributed by atoms with Crippen LogP contribution in [0.5, 0.6) is 5.75 Å². The minimum atomic E-state index is -3.93. The molecule has 1 aromatic carbocycles. The van der Waals surface area contributed by atoms with E-state index in [0.717, 1.165) is 0 Å². The molecule has 1 aromatic rings. The van der Waals surface area contributed by atoms with Crippen molar-refractivity contribution < 1.29 is 17.9 Å². The molecule has 0 radical (unpaired) electrons. The summed E-state index contributed by atoms with van der Waals surface area (Å²) in [6.45, 7) is -0.204. The molecule has 0 spiro atoms. The van der Waals surface area contributed by atoms with Crippen LogP contribution in [0.2, 0.25) is 0 Å². The van der Waals surface area contributed by atoms with Crippen LogP contribution in [0.25, 0.3) is 0 Å². The van der Waals surface area contributed by atoms with Crippen LogP contribution in [-0.4, -0.2) is 28.0 Å². The molecule has 0 saturated heterocycles. The first kappa shape index (κ1) is 12.7. The molecule has 2 rings (SSSR count).